The molecule has 0 nitrogen and oxygen atoms in total. The fourth-order valence-corrected chi connectivity index (χ4v) is 4.74. The zero-order valence-electron chi connectivity index (χ0n) is 10.7. The van der Waals surface area contributed by atoms with Gasteiger partial charge in [0.1, 0.15) is 0 Å². The van der Waals surface area contributed by atoms with Crippen LogP contribution in [0, 0.1) is 11.8 Å². The van der Waals surface area contributed by atoms with Gasteiger partial charge in [0.25, 0.3) is 0 Å². The van der Waals surface area contributed by atoms with Crippen molar-refractivity contribution in [2.24, 2.45) is 11.8 Å². The van der Waals surface area contributed by atoms with E-state index in [0.717, 1.165) is 11.8 Å². The Morgan fingerprint density at radius 2 is 2.12 bits per heavy atom. The lowest BCUT2D eigenvalue weighted by Crippen LogP contribution is -2.17. The molecule has 0 aromatic carbocycles. The van der Waals surface area contributed by atoms with Crippen LogP contribution in [0.5, 0.6) is 0 Å². The smallest absolute Gasteiger partial charge is 0.0517 e. The van der Waals surface area contributed by atoms with Gasteiger partial charge in [-0.25, -0.2) is 0 Å². The van der Waals surface area contributed by atoms with Crippen LogP contribution < -0.4 is 0 Å². The Balaban J connectivity index is 1.79. The second-order valence-corrected chi connectivity index (χ2v) is 7.31. The van der Waals surface area contributed by atoms with Crippen molar-refractivity contribution in [1.82, 2.24) is 0 Å². The van der Waals surface area contributed by atoms with Crippen LogP contribution in [0.2, 0.25) is 0 Å². The Kier molecular flexibility index (Phi) is 5.55. The summed E-state index contributed by atoms with van der Waals surface area (Å²) in [5.41, 5.74) is 0. The molecule has 2 rings (SSSR count). The van der Waals surface area contributed by atoms with E-state index >= 15 is 0 Å². The average molecular weight is 315 g/mol. The molecule has 0 amide bonds. The molecule has 2 heteroatoms. The minimum absolute atomic E-state index is 0.606. The lowest BCUT2D eigenvalue weighted by Gasteiger charge is -2.31. The average Bonchev–Trinajstić information content (AvgIpc) is 2.90. The largest absolute Gasteiger partial charge is 0.148 e. The summed E-state index contributed by atoms with van der Waals surface area (Å²) in [6.07, 6.45) is 10.0. The number of unbranched alkanes of at least 4 members (excludes halogenated alkanes) is 1. The molecule has 0 saturated heterocycles. The van der Waals surface area contributed by atoms with Crippen molar-refractivity contribution in [3.05, 3.63) is 22.4 Å². The molecule has 1 heterocycles. The van der Waals surface area contributed by atoms with Crippen LogP contribution in [0.1, 0.15) is 61.6 Å². The third kappa shape index (κ3) is 3.82. The first kappa shape index (κ1) is 13.6. The van der Waals surface area contributed by atoms with Crippen molar-refractivity contribution in [2.75, 3.05) is 0 Å². The molecule has 1 aliphatic carbocycles. The summed E-state index contributed by atoms with van der Waals surface area (Å²) in [5, 5.41) is 2.19. The van der Waals surface area contributed by atoms with E-state index in [4.69, 9.17) is 0 Å². The molecule has 1 aromatic heterocycles. The van der Waals surface area contributed by atoms with Gasteiger partial charge in [-0.15, -0.1) is 11.3 Å². The van der Waals surface area contributed by atoms with Gasteiger partial charge in [-0.3, -0.25) is 0 Å². The third-order valence-corrected chi connectivity index (χ3v) is 6.59. The highest BCUT2D eigenvalue weighted by Gasteiger charge is 2.27. The fraction of sp³-hybridized carbons (Fsp3) is 0.733. The number of thiophene rings is 1. The zero-order valence-corrected chi connectivity index (χ0v) is 13.1. The number of hydrogen-bond acceptors (Lipinski definition) is 1. The maximum atomic E-state index is 3.91. The molecular weight excluding hydrogens is 292 g/mol. The molecule has 96 valence electrons. The highest BCUT2D eigenvalue weighted by atomic mass is 79.9. The van der Waals surface area contributed by atoms with E-state index in [1.165, 1.54) is 49.8 Å². The predicted octanol–water partition coefficient (Wildman–Crippen LogP) is 6.18. The monoisotopic (exact) mass is 314 g/mol. The van der Waals surface area contributed by atoms with E-state index in [1.54, 1.807) is 0 Å². The molecule has 1 aromatic rings. The Hall–Kier alpha value is 0.180. The van der Waals surface area contributed by atoms with Gasteiger partial charge in [0.2, 0.25) is 0 Å². The van der Waals surface area contributed by atoms with E-state index in [0.29, 0.717) is 4.83 Å². The van der Waals surface area contributed by atoms with E-state index < -0.39 is 0 Å². The number of halogens is 1. The van der Waals surface area contributed by atoms with Crippen LogP contribution in [0.25, 0.3) is 0 Å². The van der Waals surface area contributed by atoms with Crippen LogP contribution in [0.3, 0.4) is 0 Å². The van der Waals surface area contributed by atoms with E-state index in [1.807, 2.05) is 11.3 Å². The Morgan fingerprint density at radius 3 is 2.71 bits per heavy atom. The minimum Gasteiger partial charge on any atom is -0.148 e. The van der Waals surface area contributed by atoms with Crippen molar-refractivity contribution < 1.29 is 0 Å². The van der Waals surface area contributed by atoms with Gasteiger partial charge < -0.3 is 0 Å². The molecule has 0 spiro atoms. The van der Waals surface area contributed by atoms with Crippen LogP contribution >= 0.6 is 27.3 Å². The summed E-state index contributed by atoms with van der Waals surface area (Å²) in [5.74, 6) is 1.89. The second-order valence-electron chi connectivity index (χ2n) is 5.34. The molecule has 1 unspecified atom stereocenters. The standard InChI is InChI=1S/C15H23BrS/c1-2-3-5-12-7-9-13(10-8-12)15(16)14-6-4-11-17-14/h4,6,11-13,15H,2-3,5,7-10H2,1H3. The highest BCUT2D eigenvalue weighted by molar-refractivity contribution is 9.09. The summed E-state index contributed by atoms with van der Waals surface area (Å²) < 4.78 is 0. The van der Waals surface area contributed by atoms with Gasteiger partial charge in [-0.1, -0.05) is 61.0 Å². The topological polar surface area (TPSA) is 0 Å². The first-order valence-corrected chi connectivity index (χ1v) is 8.78. The van der Waals surface area contributed by atoms with E-state index in [9.17, 15) is 0 Å². The summed E-state index contributed by atoms with van der Waals surface area (Å²) in [6.45, 7) is 2.30. The first-order valence-electron chi connectivity index (χ1n) is 6.98. The lowest BCUT2D eigenvalue weighted by atomic mass is 9.78. The molecule has 0 N–H and O–H groups in total. The molecule has 1 aliphatic rings. The maximum absolute atomic E-state index is 3.91. The Bertz CT molecular complexity index is 299. The SMILES string of the molecule is CCCCC1CCC(C(Br)c2cccs2)CC1. The fourth-order valence-electron chi connectivity index (χ4n) is 2.94. The normalized spacial score (nSPS) is 26.9. The molecular formula is C15H23BrS. The molecule has 1 saturated carbocycles. The van der Waals surface area contributed by atoms with Crippen LogP contribution in [-0.4, -0.2) is 0 Å². The van der Waals surface area contributed by atoms with Crippen molar-refractivity contribution >= 4 is 27.3 Å². The molecule has 0 aliphatic heterocycles. The van der Waals surface area contributed by atoms with Gasteiger partial charge in [0, 0.05) is 4.88 Å². The van der Waals surface area contributed by atoms with Gasteiger partial charge in [-0.2, -0.15) is 0 Å². The van der Waals surface area contributed by atoms with Gasteiger partial charge in [-0.05, 0) is 36.1 Å². The summed E-state index contributed by atoms with van der Waals surface area (Å²) in [4.78, 5) is 2.12. The molecule has 1 fully saturated rings. The first-order chi connectivity index (χ1) is 8.31. The predicted molar refractivity (Wildman–Crippen MR) is 81.0 cm³/mol. The van der Waals surface area contributed by atoms with Crippen LogP contribution in [-0.2, 0) is 0 Å². The van der Waals surface area contributed by atoms with Gasteiger partial charge in [0.05, 0.1) is 4.83 Å². The zero-order chi connectivity index (χ0) is 12.1. The van der Waals surface area contributed by atoms with E-state index in [-0.39, 0.29) is 0 Å². The number of hydrogen-bond donors (Lipinski definition) is 0. The summed E-state index contributed by atoms with van der Waals surface area (Å²) in [6, 6.07) is 4.44. The Morgan fingerprint density at radius 1 is 1.35 bits per heavy atom. The summed E-state index contributed by atoms with van der Waals surface area (Å²) in [7, 11) is 0. The molecule has 1 atom stereocenters. The van der Waals surface area contributed by atoms with Crippen molar-refractivity contribution in [3.8, 4) is 0 Å². The third-order valence-electron chi connectivity index (χ3n) is 4.09. The van der Waals surface area contributed by atoms with Gasteiger partial charge >= 0.3 is 0 Å². The van der Waals surface area contributed by atoms with Crippen LogP contribution in [0.4, 0.5) is 0 Å². The quantitative estimate of drug-likeness (QED) is 0.569. The van der Waals surface area contributed by atoms with Crippen LogP contribution in [0.15, 0.2) is 17.5 Å². The summed E-state index contributed by atoms with van der Waals surface area (Å²) >= 11 is 5.80. The molecule has 17 heavy (non-hydrogen) atoms. The van der Waals surface area contributed by atoms with Crippen molar-refractivity contribution in [1.29, 1.82) is 0 Å². The Labute approximate surface area is 118 Å². The van der Waals surface area contributed by atoms with Crippen molar-refractivity contribution in [3.63, 3.8) is 0 Å². The van der Waals surface area contributed by atoms with Crippen molar-refractivity contribution in [2.45, 2.75) is 56.7 Å². The molecule has 0 radical (unpaired) electrons. The second kappa shape index (κ2) is 6.94. The minimum atomic E-state index is 0.606. The van der Waals surface area contributed by atoms with E-state index in [2.05, 4.69) is 40.4 Å². The highest BCUT2D eigenvalue weighted by Crippen LogP contribution is 2.43. The maximum Gasteiger partial charge on any atom is 0.0517 e. The van der Waals surface area contributed by atoms with Gasteiger partial charge in [0.15, 0.2) is 0 Å². The molecule has 0 bridgehead atoms. The number of rotatable bonds is 5. The lowest BCUT2D eigenvalue weighted by molar-refractivity contribution is 0.258. The number of alkyl halides is 1.